The van der Waals surface area contributed by atoms with Gasteiger partial charge in [-0.1, -0.05) is 25.0 Å². The van der Waals surface area contributed by atoms with E-state index in [0.29, 0.717) is 23.8 Å². The monoisotopic (exact) mass is 460 g/mol. The number of halogens is 6. The van der Waals surface area contributed by atoms with Crippen molar-refractivity contribution in [1.29, 1.82) is 0 Å². The summed E-state index contributed by atoms with van der Waals surface area (Å²) in [5, 5.41) is 0. The van der Waals surface area contributed by atoms with E-state index >= 15 is 0 Å². The Labute approximate surface area is 187 Å². The Balaban J connectivity index is 1.40. The molecule has 0 N–H and O–H groups in total. The molecule has 0 heterocycles. The van der Waals surface area contributed by atoms with E-state index in [-0.39, 0.29) is 12.6 Å². The number of benzene rings is 1. The van der Waals surface area contributed by atoms with Crippen LogP contribution >= 0.6 is 0 Å². The zero-order valence-corrected chi connectivity index (χ0v) is 18.6. The third kappa shape index (κ3) is 7.02. The summed E-state index contributed by atoms with van der Waals surface area (Å²) in [6, 6.07) is 1.75. The lowest BCUT2D eigenvalue weighted by Crippen LogP contribution is -2.18. The van der Waals surface area contributed by atoms with Crippen molar-refractivity contribution < 1.29 is 26.3 Å². The minimum atomic E-state index is -5.02. The fraction of sp³-hybridized carbons (Fsp3) is 0.692. The number of allylic oxidation sites excluding steroid dienone is 2. The van der Waals surface area contributed by atoms with Gasteiger partial charge < -0.3 is 0 Å². The van der Waals surface area contributed by atoms with Gasteiger partial charge in [0.1, 0.15) is 17.2 Å². The Bertz CT molecular complexity index is 714. The first-order chi connectivity index (χ1) is 15.3. The summed E-state index contributed by atoms with van der Waals surface area (Å²) in [4.78, 5) is 0. The molecule has 1 aromatic rings. The summed E-state index contributed by atoms with van der Waals surface area (Å²) >= 11 is 0. The highest BCUT2D eigenvalue weighted by molar-refractivity contribution is 5.30. The zero-order chi connectivity index (χ0) is 23.1. The van der Waals surface area contributed by atoms with Gasteiger partial charge >= 0.3 is 6.18 Å². The van der Waals surface area contributed by atoms with E-state index in [2.05, 4.69) is 12.2 Å². The van der Waals surface area contributed by atoms with Gasteiger partial charge in [0.25, 0.3) is 0 Å². The third-order valence-corrected chi connectivity index (χ3v) is 7.45. The van der Waals surface area contributed by atoms with Gasteiger partial charge in [-0.3, -0.25) is 4.39 Å². The van der Waals surface area contributed by atoms with E-state index in [1.807, 2.05) is 0 Å². The molecule has 1 aromatic carbocycles. The predicted octanol–water partition coefficient (Wildman–Crippen LogP) is 9.15. The van der Waals surface area contributed by atoms with Crippen molar-refractivity contribution in [2.24, 2.45) is 17.8 Å². The second-order valence-corrected chi connectivity index (χ2v) is 9.69. The second kappa shape index (κ2) is 11.6. The third-order valence-electron chi connectivity index (χ3n) is 7.45. The fourth-order valence-corrected chi connectivity index (χ4v) is 5.51. The standard InChI is InChI=1S/C26H34F6/c27-15-3-1-2-4-18-5-7-19(8-6-18)9-10-20-11-13-21(14-12-20)22-16-23(28)25(24(29)17-22)26(30,31)32/h2,4,16-21H,1,3,5-15H2/b4-2+/t18-,19-,20?,21?. The van der Waals surface area contributed by atoms with Crippen LogP contribution in [0.5, 0.6) is 0 Å². The first-order valence-corrected chi connectivity index (χ1v) is 12.1. The van der Waals surface area contributed by atoms with Crippen LogP contribution in [0.25, 0.3) is 0 Å². The first-order valence-electron chi connectivity index (χ1n) is 12.1. The number of hydrogen-bond acceptors (Lipinski definition) is 0. The van der Waals surface area contributed by atoms with E-state index in [0.717, 1.165) is 56.6 Å². The Kier molecular flexibility index (Phi) is 9.13. The Hall–Kier alpha value is -1.46. The molecule has 0 amide bonds. The van der Waals surface area contributed by atoms with Crippen molar-refractivity contribution in [1.82, 2.24) is 0 Å². The van der Waals surface area contributed by atoms with Crippen molar-refractivity contribution in [3.63, 3.8) is 0 Å². The lowest BCUT2D eigenvalue weighted by molar-refractivity contribution is -0.142. The molecule has 2 saturated carbocycles. The van der Waals surface area contributed by atoms with Crippen LogP contribution in [0.1, 0.15) is 94.1 Å². The molecule has 180 valence electrons. The minimum Gasteiger partial charge on any atom is -0.251 e. The Morgan fingerprint density at radius 1 is 0.812 bits per heavy atom. The van der Waals surface area contributed by atoms with Crippen LogP contribution in [-0.4, -0.2) is 6.67 Å². The smallest absolute Gasteiger partial charge is 0.251 e. The lowest BCUT2D eigenvalue weighted by Gasteiger charge is -2.31. The molecule has 0 unspecified atom stereocenters. The summed E-state index contributed by atoms with van der Waals surface area (Å²) in [6.45, 7) is -0.253. The van der Waals surface area contributed by atoms with Gasteiger partial charge in [-0.05, 0) is 106 Å². The molecule has 0 saturated heterocycles. The predicted molar refractivity (Wildman–Crippen MR) is 115 cm³/mol. The van der Waals surface area contributed by atoms with E-state index in [4.69, 9.17) is 0 Å². The molecule has 0 aromatic heterocycles. The van der Waals surface area contributed by atoms with Gasteiger partial charge in [0, 0.05) is 0 Å². The molecule has 0 radical (unpaired) electrons. The fourth-order valence-electron chi connectivity index (χ4n) is 5.51. The molecule has 6 heteroatoms. The van der Waals surface area contributed by atoms with Gasteiger partial charge in [-0.25, -0.2) is 8.78 Å². The van der Waals surface area contributed by atoms with E-state index in [1.165, 1.54) is 32.1 Å². The van der Waals surface area contributed by atoms with Crippen LogP contribution in [0, 0.1) is 29.4 Å². The van der Waals surface area contributed by atoms with Gasteiger partial charge in [0.05, 0.1) is 6.67 Å². The maximum atomic E-state index is 13.9. The number of rotatable bonds is 8. The minimum absolute atomic E-state index is 0.0721. The highest BCUT2D eigenvalue weighted by Crippen LogP contribution is 2.42. The molecular formula is C26H34F6. The van der Waals surface area contributed by atoms with Gasteiger partial charge in [-0.2, -0.15) is 13.2 Å². The van der Waals surface area contributed by atoms with E-state index in [9.17, 15) is 26.3 Å². The summed E-state index contributed by atoms with van der Waals surface area (Å²) in [6.07, 6.45) is 11.5. The van der Waals surface area contributed by atoms with E-state index in [1.54, 1.807) is 0 Å². The van der Waals surface area contributed by atoms with Crippen LogP contribution in [-0.2, 0) is 6.18 Å². The van der Waals surface area contributed by atoms with Crippen LogP contribution in [0.3, 0.4) is 0 Å². The highest BCUT2D eigenvalue weighted by Gasteiger charge is 2.38. The molecule has 2 fully saturated rings. The topological polar surface area (TPSA) is 0 Å². The summed E-state index contributed by atoms with van der Waals surface area (Å²) < 4.78 is 78.3. The largest absolute Gasteiger partial charge is 0.422 e. The molecule has 2 aliphatic rings. The van der Waals surface area contributed by atoms with Gasteiger partial charge in [-0.15, -0.1) is 0 Å². The molecule has 32 heavy (non-hydrogen) atoms. The Morgan fingerprint density at radius 3 is 1.84 bits per heavy atom. The quantitative estimate of drug-likeness (QED) is 0.206. The molecular weight excluding hydrogens is 426 g/mol. The maximum Gasteiger partial charge on any atom is 0.422 e. The molecule has 3 rings (SSSR count). The zero-order valence-electron chi connectivity index (χ0n) is 18.6. The lowest BCUT2D eigenvalue weighted by atomic mass is 9.74. The van der Waals surface area contributed by atoms with Crippen molar-refractivity contribution in [3.8, 4) is 0 Å². The number of alkyl halides is 4. The average Bonchev–Trinajstić information content (AvgIpc) is 2.75. The van der Waals surface area contributed by atoms with Crippen molar-refractivity contribution in [2.75, 3.05) is 6.67 Å². The second-order valence-electron chi connectivity index (χ2n) is 9.69. The van der Waals surface area contributed by atoms with Gasteiger partial charge in [0.15, 0.2) is 0 Å². The molecule has 0 spiro atoms. The summed E-state index contributed by atoms with van der Waals surface area (Å²) in [5.74, 6) is -1.12. The normalized spacial score (nSPS) is 27.2. The average molecular weight is 461 g/mol. The highest BCUT2D eigenvalue weighted by atomic mass is 19.4. The number of hydrogen-bond donors (Lipinski definition) is 0. The molecule has 0 atom stereocenters. The van der Waals surface area contributed by atoms with Crippen LogP contribution in [0.4, 0.5) is 26.3 Å². The van der Waals surface area contributed by atoms with Crippen LogP contribution < -0.4 is 0 Å². The van der Waals surface area contributed by atoms with Crippen molar-refractivity contribution >= 4 is 0 Å². The molecule has 0 nitrogen and oxygen atoms in total. The SMILES string of the molecule is FCCC/C=C/[C@H]1CC[C@H](CCC2CCC(c3cc(F)c(C(F)(F)F)c(F)c3)CC2)CC1. The van der Waals surface area contributed by atoms with Gasteiger partial charge in [0.2, 0.25) is 0 Å². The maximum absolute atomic E-state index is 13.9. The summed E-state index contributed by atoms with van der Waals surface area (Å²) in [7, 11) is 0. The summed E-state index contributed by atoms with van der Waals surface area (Å²) in [5.41, 5.74) is -1.44. The van der Waals surface area contributed by atoms with Crippen molar-refractivity contribution in [2.45, 2.75) is 89.1 Å². The number of unbranched alkanes of at least 4 members (excludes halogenated alkanes) is 1. The van der Waals surface area contributed by atoms with Crippen LogP contribution in [0.2, 0.25) is 0 Å². The molecule has 2 aliphatic carbocycles. The Morgan fingerprint density at radius 2 is 1.34 bits per heavy atom. The molecule has 0 aliphatic heterocycles. The van der Waals surface area contributed by atoms with E-state index < -0.39 is 23.4 Å². The first kappa shape index (κ1) is 25.2. The molecule has 0 bridgehead atoms. The van der Waals surface area contributed by atoms with Crippen LogP contribution in [0.15, 0.2) is 24.3 Å². The van der Waals surface area contributed by atoms with Crippen molar-refractivity contribution in [3.05, 3.63) is 47.0 Å².